The van der Waals surface area contributed by atoms with E-state index in [2.05, 4.69) is 30.9 Å². The molecule has 0 unspecified atom stereocenters. The lowest BCUT2D eigenvalue weighted by molar-refractivity contribution is -0.256. The highest BCUT2D eigenvalue weighted by Crippen LogP contribution is 2.62. The summed E-state index contributed by atoms with van der Waals surface area (Å²) in [6.07, 6.45) is 8.89. The lowest BCUT2D eigenvalue weighted by Gasteiger charge is -2.60. The number of aliphatic hydroxyl groups excluding tert-OH is 2. The van der Waals surface area contributed by atoms with Crippen molar-refractivity contribution in [3.63, 3.8) is 0 Å². The summed E-state index contributed by atoms with van der Waals surface area (Å²) in [7, 11) is 1.52. The van der Waals surface area contributed by atoms with Crippen LogP contribution in [0.2, 0.25) is 0 Å². The third-order valence-corrected chi connectivity index (χ3v) is 12.7. The van der Waals surface area contributed by atoms with Crippen LogP contribution in [-0.4, -0.2) is 84.2 Å². The number of rotatable bonds is 20. The molecule has 12 nitrogen and oxygen atoms in total. The summed E-state index contributed by atoms with van der Waals surface area (Å²) in [5.41, 5.74) is 3.17. The molecule has 1 amide bonds. The minimum atomic E-state index is -1.49. The minimum absolute atomic E-state index is 0.00102. The summed E-state index contributed by atoms with van der Waals surface area (Å²) >= 11 is 0. The van der Waals surface area contributed by atoms with E-state index < -0.39 is 29.4 Å². The van der Waals surface area contributed by atoms with Crippen LogP contribution >= 0.6 is 0 Å². The Bertz CT molecular complexity index is 2360. The Morgan fingerprint density at radius 3 is 2.43 bits per heavy atom. The molecule has 3 aliphatic rings. The number of amides is 1. The molecule has 65 heavy (non-hydrogen) atoms. The van der Waals surface area contributed by atoms with E-state index in [0.717, 1.165) is 59.4 Å². The Morgan fingerprint density at radius 2 is 1.71 bits per heavy atom. The summed E-state index contributed by atoms with van der Waals surface area (Å²) in [5.74, 6) is -0.244. The number of aliphatic hydroxyl groups is 2. The van der Waals surface area contributed by atoms with Crippen molar-refractivity contribution >= 4 is 28.9 Å². The van der Waals surface area contributed by atoms with E-state index in [1.165, 1.54) is 7.11 Å². The van der Waals surface area contributed by atoms with Crippen molar-refractivity contribution in [1.29, 1.82) is 0 Å². The van der Waals surface area contributed by atoms with Crippen LogP contribution in [0.3, 0.4) is 0 Å². The number of methoxy groups -OCH3 is 1. The SMILES string of the molecule is C=CCO[C@@]12Oc3ccc(Oc4ccc(OC)c(C=O)c4)cc3[C@H]3[C@H](CCCCO)[C@@H](CCCCO)C=C(C(=NOC(C)(C)C)C[C@@H]1N(Cc1cccc4ccccc14)C(=O)OCC)[C@H]32. The number of fused-ring (bicyclic) bond motifs is 3. The molecule has 1 fully saturated rings. The van der Waals surface area contributed by atoms with E-state index in [9.17, 15) is 19.8 Å². The molecule has 1 aliphatic heterocycles. The van der Waals surface area contributed by atoms with Crippen LogP contribution in [0.4, 0.5) is 4.79 Å². The molecule has 2 aliphatic carbocycles. The van der Waals surface area contributed by atoms with Gasteiger partial charge in [-0.15, -0.1) is 6.58 Å². The number of oxime groups is 1. The van der Waals surface area contributed by atoms with Gasteiger partial charge in [0.15, 0.2) is 6.29 Å². The first-order valence-electron chi connectivity index (χ1n) is 23.0. The number of allylic oxidation sites excluding steroid dienone is 1. The van der Waals surface area contributed by atoms with Crippen LogP contribution in [0.5, 0.6) is 23.0 Å². The van der Waals surface area contributed by atoms with Gasteiger partial charge in [-0.2, -0.15) is 0 Å². The molecule has 7 rings (SSSR count). The van der Waals surface area contributed by atoms with Crippen LogP contribution in [0.1, 0.15) is 100 Å². The number of hydrogen-bond acceptors (Lipinski definition) is 11. The molecule has 12 heteroatoms. The molecule has 1 saturated carbocycles. The molecule has 2 N–H and O–H groups in total. The monoisotopic (exact) mass is 888 g/mol. The predicted octanol–water partition coefficient (Wildman–Crippen LogP) is 10.5. The van der Waals surface area contributed by atoms with E-state index in [0.29, 0.717) is 47.1 Å². The Hall–Kier alpha value is -5.69. The molecule has 4 aromatic rings. The van der Waals surface area contributed by atoms with Gasteiger partial charge in [0.2, 0.25) is 5.79 Å². The van der Waals surface area contributed by atoms with Crippen LogP contribution in [-0.2, 0) is 20.9 Å². The zero-order valence-electron chi connectivity index (χ0n) is 38.4. The molecular formula is C53H64N2O10. The standard InChI is InChI=1S/C53H64N2O10/c1-7-28-62-53-48(55(51(59)61-8-2)33-37-19-15-18-35-16-9-10-20-41(35)37)32-45(54-65-52(3,4)5)43-30-36(17-11-13-26-56)42(21-12-14-27-57)49(50(43)53)44-31-40(23-25-47(44)64-53)63-39-22-24-46(60-6)38(29-39)34-58/h7,9-10,15-16,18-20,22-25,29-31,34,36,42,48-50,56-57H,1,8,11-14,17,21,26-28,32-33H2,2-6H3/t36-,42+,48-,49+,50+,53+/m0/s1. The minimum Gasteiger partial charge on any atom is -0.496 e. The number of carbonyl (C=O) groups is 2. The molecule has 0 bridgehead atoms. The number of carbonyl (C=O) groups excluding carboxylic acids is 2. The van der Waals surface area contributed by atoms with E-state index in [1.54, 1.807) is 36.1 Å². The molecular weight excluding hydrogens is 825 g/mol. The third kappa shape index (κ3) is 10.2. The number of benzene rings is 4. The molecule has 6 atom stereocenters. The molecule has 0 saturated heterocycles. The highest BCUT2D eigenvalue weighted by atomic mass is 16.7. The number of aldehydes is 1. The summed E-state index contributed by atoms with van der Waals surface area (Å²) in [6, 6.07) is 24.3. The summed E-state index contributed by atoms with van der Waals surface area (Å²) in [6.45, 7) is 12.3. The first-order chi connectivity index (χ1) is 31.5. The van der Waals surface area contributed by atoms with Crippen molar-refractivity contribution < 1.29 is 48.3 Å². The Kier molecular flexibility index (Phi) is 15.3. The fourth-order valence-electron chi connectivity index (χ4n) is 10.0. The van der Waals surface area contributed by atoms with Crippen LogP contribution < -0.4 is 14.2 Å². The van der Waals surface area contributed by atoms with Gasteiger partial charge in [0.05, 0.1) is 44.1 Å². The van der Waals surface area contributed by atoms with Gasteiger partial charge in [-0.3, -0.25) is 9.69 Å². The van der Waals surface area contributed by atoms with Crippen molar-refractivity contribution in [1.82, 2.24) is 4.90 Å². The van der Waals surface area contributed by atoms with E-state index >= 15 is 0 Å². The van der Waals surface area contributed by atoms with Gasteiger partial charge in [-0.25, -0.2) is 4.79 Å². The fraction of sp³-hybridized carbons (Fsp3) is 0.453. The predicted molar refractivity (Wildman–Crippen MR) is 251 cm³/mol. The van der Waals surface area contributed by atoms with E-state index in [1.807, 2.05) is 63.2 Å². The lowest BCUT2D eigenvalue weighted by atomic mass is 9.55. The Labute approximate surface area is 382 Å². The third-order valence-electron chi connectivity index (χ3n) is 12.7. The lowest BCUT2D eigenvalue weighted by Crippen LogP contribution is -2.70. The average molecular weight is 889 g/mol. The van der Waals surface area contributed by atoms with Crippen molar-refractivity contribution in [2.45, 2.75) is 103 Å². The Balaban J connectivity index is 1.48. The molecule has 1 heterocycles. The maximum Gasteiger partial charge on any atom is 0.410 e. The summed E-state index contributed by atoms with van der Waals surface area (Å²) in [4.78, 5) is 34.8. The van der Waals surface area contributed by atoms with Crippen molar-refractivity contribution in [3.05, 3.63) is 120 Å². The van der Waals surface area contributed by atoms with Crippen molar-refractivity contribution in [2.24, 2.45) is 22.9 Å². The fourth-order valence-corrected chi connectivity index (χ4v) is 10.0. The second-order valence-corrected chi connectivity index (χ2v) is 18.1. The number of unbranched alkanes of at least 4 members (excludes halogenated alkanes) is 2. The van der Waals surface area contributed by atoms with Crippen LogP contribution in [0.15, 0.2) is 108 Å². The van der Waals surface area contributed by atoms with Crippen molar-refractivity contribution in [2.75, 3.05) is 33.5 Å². The molecule has 0 aromatic heterocycles. The topological polar surface area (TPSA) is 146 Å². The molecule has 4 aromatic carbocycles. The van der Waals surface area contributed by atoms with Crippen LogP contribution in [0, 0.1) is 17.8 Å². The van der Waals surface area contributed by atoms with Crippen molar-refractivity contribution in [3.8, 4) is 23.0 Å². The van der Waals surface area contributed by atoms with Crippen LogP contribution in [0.25, 0.3) is 10.8 Å². The first-order valence-corrected chi connectivity index (χ1v) is 23.0. The Morgan fingerprint density at radius 1 is 0.969 bits per heavy atom. The normalized spacial score (nSPS) is 22.8. The average Bonchev–Trinajstić information content (AvgIpc) is 3.30. The van der Waals surface area contributed by atoms with Gasteiger partial charge in [0, 0.05) is 31.1 Å². The first kappa shape index (κ1) is 47.3. The summed E-state index contributed by atoms with van der Waals surface area (Å²) < 4.78 is 32.4. The maximum atomic E-state index is 14.7. The number of ether oxygens (including phenoxy) is 5. The zero-order chi connectivity index (χ0) is 46.1. The number of nitrogens with zero attached hydrogens (tertiary/aromatic N) is 2. The second-order valence-electron chi connectivity index (χ2n) is 18.1. The number of hydrogen-bond donors (Lipinski definition) is 2. The van der Waals surface area contributed by atoms with Gasteiger partial charge in [-0.05, 0) is 124 Å². The second kappa shape index (κ2) is 21.1. The van der Waals surface area contributed by atoms with Gasteiger partial charge in [-0.1, -0.05) is 72.6 Å². The largest absolute Gasteiger partial charge is 0.496 e. The van der Waals surface area contributed by atoms with Gasteiger partial charge in [0.1, 0.15) is 34.6 Å². The quantitative estimate of drug-likeness (QED) is 0.0381. The maximum absolute atomic E-state index is 14.7. The van der Waals surface area contributed by atoms with Gasteiger partial charge in [0.25, 0.3) is 0 Å². The zero-order valence-corrected chi connectivity index (χ0v) is 38.4. The highest BCUT2D eigenvalue weighted by Gasteiger charge is 2.66. The highest BCUT2D eigenvalue weighted by molar-refractivity contribution is 6.03. The molecule has 346 valence electrons. The van der Waals surface area contributed by atoms with E-state index in [-0.39, 0.29) is 57.1 Å². The van der Waals surface area contributed by atoms with E-state index in [4.69, 9.17) is 33.7 Å². The van der Waals surface area contributed by atoms with Gasteiger partial charge < -0.3 is 38.7 Å². The molecule has 0 spiro atoms. The van der Waals surface area contributed by atoms with Gasteiger partial charge >= 0.3 is 6.09 Å². The summed E-state index contributed by atoms with van der Waals surface area (Å²) in [5, 5.41) is 27.0. The molecule has 0 radical (unpaired) electrons. The smallest absolute Gasteiger partial charge is 0.410 e.